The van der Waals surface area contributed by atoms with E-state index in [-0.39, 0.29) is 18.9 Å². The Kier molecular flexibility index (Phi) is 3.87. The fourth-order valence-electron chi connectivity index (χ4n) is 1.67. The van der Waals surface area contributed by atoms with Crippen LogP contribution in [0.4, 0.5) is 5.82 Å². The van der Waals surface area contributed by atoms with Gasteiger partial charge >= 0.3 is 0 Å². The number of rotatable bonds is 2. The monoisotopic (exact) mass is 372 g/mol. The average Bonchev–Trinajstić information content (AvgIpc) is 2.60. The molecule has 1 aromatic rings. The van der Waals surface area contributed by atoms with Crippen LogP contribution >= 0.6 is 38.2 Å². The zero-order valence-corrected chi connectivity index (χ0v) is 12.7. The summed E-state index contributed by atoms with van der Waals surface area (Å²) in [4.78, 5) is 17.1. The number of amides is 1. The van der Waals surface area contributed by atoms with Crippen LogP contribution in [0.1, 0.15) is 6.42 Å². The van der Waals surface area contributed by atoms with Crippen LogP contribution in [-0.2, 0) is 13.8 Å². The Bertz CT molecular complexity index is 608. The SMILES string of the molecule is O=C1CC(S(=O)(=O)Cl)CN1c1ncc(Cl)cc1Br. The van der Waals surface area contributed by atoms with Gasteiger partial charge in [-0.05, 0) is 22.0 Å². The van der Waals surface area contributed by atoms with Gasteiger partial charge in [-0.25, -0.2) is 13.4 Å². The molecule has 0 N–H and O–H groups in total. The van der Waals surface area contributed by atoms with Gasteiger partial charge < -0.3 is 0 Å². The Morgan fingerprint density at radius 2 is 2.17 bits per heavy atom. The van der Waals surface area contributed by atoms with Crippen LogP contribution in [-0.4, -0.2) is 31.1 Å². The Hall–Kier alpha value is -0.370. The lowest BCUT2D eigenvalue weighted by atomic mass is 10.4. The van der Waals surface area contributed by atoms with Crippen LogP contribution in [0.3, 0.4) is 0 Å². The second-order valence-electron chi connectivity index (χ2n) is 3.77. The molecule has 0 aromatic carbocycles. The zero-order valence-electron chi connectivity index (χ0n) is 8.81. The van der Waals surface area contributed by atoms with Crippen molar-refractivity contribution in [3.05, 3.63) is 21.8 Å². The minimum Gasteiger partial charge on any atom is -0.294 e. The molecule has 0 saturated carbocycles. The third kappa shape index (κ3) is 2.79. The maximum absolute atomic E-state index is 11.8. The highest BCUT2D eigenvalue weighted by Crippen LogP contribution is 2.31. The maximum Gasteiger partial charge on any atom is 0.237 e. The second-order valence-corrected chi connectivity index (χ2v) is 7.96. The van der Waals surface area contributed by atoms with E-state index in [2.05, 4.69) is 20.9 Å². The van der Waals surface area contributed by atoms with Gasteiger partial charge in [0.15, 0.2) is 0 Å². The summed E-state index contributed by atoms with van der Waals surface area (Å²) >= 11 is 8.98. The number of carbonyl (C=O) groups excluding carboxylic acids is 1. The molecule has 1 aromatic heterocycles. The summed E-state index contributed by atoms with van der Waals surface area (Å²) in [5, 5.41) is -0.491. The first kappa shape index (κ1) is 14.0. The van der Waals surface area contributed by atoms with E-state index in [9.17, 15) is 13.2 Å². The first-order valence-corrected chi connectivity index (χ1v) is 8.38. The van der Waals surface area contributed by atoms with Crippen molar-refractivity contribution in [2.24, 2.45) is 0 Å². The fourth-order valence-corrected chi connectivity index (χ4v) is 3.55. The summed E-state index contributed by atoms with van der Waals surface area (Å²) in [7, 11) is 1.51. The predicted molar refractivity (Wildman–Crippen MR) is 72.5 cm³/mol. The summed E-state index contributed by atoms with van der Waals surface area (Å²) < 4.78 is 23.0. The molecule has 5 nitrogen and oxygen atoms in total. The van der Waals surface area contributed by atoms with Crippen LogP contribution in [0.25, 0.3) is 0 Å². The van der Waals surface area contributed by atoms with Crippen molar-refractivity contribution < 1.29 is 13.2 Å². The van der Waals surface area contributed by atoms with E-state index in [1.165, 1.54) is 11.1 Å². The molecule has 2 heterocycles. The minimum absolute atomic E-state index is 0.00208. The highest BCUT2D eigenvalue weighted by Gasteiger charge is 2.39. The molecule has 9 heteroatoms. The van der Waals surface area contributed by atoms with Gasteiger partial charge in [-0.3, -0.25) is 9.69 Å². The number of hydrogen-bond donors (Lipinski definition) is 0. The number of aromatic nitrogens is 1. The first-order chi connectivity index (χ1) is 8.29. The van der Waals surface area contributed by atoms with Gasteiger partial charge in [-0.2, -0.15) is 0 Å². The number of anilines is 1. The lowest BCUT2D eigenvalue weighted by molar-refractivity contribution is -0.117. The average molecular weight is 374 g/mol. The van der Waals surface area contributed by atoms with Gasteiger partial charge in [0.2, 0.25) is 15.0 Å². The van der Waals surface area contributed by atoms with Crippen molar-refractivity contribution in [3.8, 4) is 0 Å². The normalized spacial score (nSPS) is 20.5. The zero-order chi connectivity index (χ0) is 13.5. The van der Waals surface area contributed by atoms with Crippen molar-refractivity contribution in [2.75, 3.05) is 11.4 Å². The first-order valence-electron chi connectivity index (χ1n) is 4.84. The van der Waals surface area contributed by atoms with Crippen LogP contribution in [0, 0.1) is 0 Å². The van der Waals surface area contributed by atoms with Crippen LogP contribution in [0.15, 0.2) is 16.7 Å². The van der Waals surface area contributed by atoms with E-state index >= 15 is 0 Å². The van der Waals surface area contributed by atoms with E-state index in [0.717, 1.165) is 0 Å². The molecular weight excluding hydrogens is 367 g/mol. The number of carbonyl (C=O) groups is 1. The molecule has 2 rings (SSSR count). The number of pyridine rings is 1. The Morgan fingerprint density at radius 1 is 1.50 bits per heavy atom. The molecule has 0 radical (unpaired) electrons. The van der Waals surface area contributed by atoms with Crippen LogP contribution in [0.2, 0.25) is 5.02 Å². The highest BCUT2D eigenvalue weighted by molar-refractivity contribution is 9.10. The van der Waals surface area contributed by atoms with E-state index in [1.807, 2.05) is 0 Å². The molecular formula is C9H7BrCl2N2O3S. The summed E-state index contributed by atoms with van der Waals surface area (Å²) in [5.41, 5.74) is 0. The smallest absolute Gasteiger partial charge is 0.237 e. The van der Waals surface area contributed by atoms with E-state index in [1.54, 1.807) is 6.07 Å². The predicted octanol–water partition coefficient (Wildman–Crippen LogP) is 2.17. The Morgan fingerprint density at radius 3 is 2.67 bits per heavy atom. The lowest BCUT2D eigenvalue weighted by Crippen LogP contribution is -2.27. The van der Waals surface area contributed by atoms with E-state index in [0.29, 0.717) is 15.3 Å². The maximum atomic E-state index is 11.8. The van der Waals surface area contributed by atoms with Gasteiger partial charge in [-0.15, -0.1) is 0 Å². The molecule has 1 aliphatic heterocycles. The standard InChI is InChI=1S/C9H7BrCl2N2O3S/c10-7-1-5(11)3-13-9(7)14-4-6(2-8(14)15)18(12,16)17/h1,3,6H,2,4H2. The fraction of sp³-hybridized carbons (Fsp3) is 0.333. The Labute approximate surface area is 122 Å². The van der Waals surface area contributed by atoms with Gasteiger partial charge in [0.05, 0.1) is 9.50 Å². The largest absolute Gasteiger partial charge is 0.294 e. The molecule has 1 unspecified atom stereocenters. The number of nitrogens with zero attached hydrogens (tertiary/aromatic N) is 2. The Balaban J connectivity index is 2.33. The number of hydrogen-bond acceptors (Lipinski definition) is 4. The van der Waals surface area contributed by atoms with Gasteiger partial charge in [0.25, 0.3) is 0 Å². The van der Waals surface area contributed by atoms with E-state index < -0.39 is 14.3 Å². The molecule has 18 heavy (non-hydrogen) atoms. The molecule has 1 saturated heterocycles. The topological polar surface area (TPSA) is 67.3 Å². The lowest BCUT2D eigenvalue weighted by Gasteiger charge is -2.16. The van der Waals surface area contributed by atoms with Crippen molar-refractivity contribution in [2.45, 2.75) is 11.7 Å². The van der Waals surface area contributed by atoms with Gasteiger partial charge in [0.1, 0.15) is 11.1 Å². The third-order valence-electron chi connectivity index (χ3n) is 2.53. The molecule has 1 atom stereocenters. The quantitative estimate of drug-likeness (QED) is 0.745. The summed E-state index contributed by atoms with van der Waals surface area (Å²) in [6, 6.07) is 1.58. The molecule has 1 fully saturated rings. The number of halogens is 3. The van der Waals surface area contributed by atoms with Crippen LogP contribution in [0.5, 0.6) is 0 Å². The summed E-state index contributed by atoms with van der Waals surface area (Å²) in [5.74, 6) is 0.00645. The summed E-state index contributed by atoms with van der Waals surface area (Å²) in [6.45, 7) is -0.00208. The van der Waals surface area contributed by atoms with Gasteiger partial charge in [0, 0.05) is 29.8 Å². The van der Waals surface area contributed by atoms with Crippen molar-refractivity contribution >= 4 is 59.0 Å². The molecule has 0 bridgehead atoms. The molecule has 0 aliphatic carbocycles. The van der Waals surface area contributed by atoms with Crippen molar-refractivity contribution in [3.63, 3.8) is 0 Å². The third-order valence-corrected chi connectivity index (χ3v) is 5.19. The molecule has 1 amide bonds. The van der Waals surface area contributed by atoms with Crippen molar-refractivity contribution in [1.82, 2.24) is 4.98 Å². The second kappa shape index (κ2) is 4.96. The van der Waals surface area contributed by atoms with Gasteiger partial charge in [-0.1, -0.05) is 11.6 Å². The molecule has 0 spiro atoms. The molecule has 98 valence electrons. The van der Waals surface area contributed by atoms with Crippen LogP contribution < -0.4 is 4.90 Å². The van der Waals surface area contributed by atoms with E-state index in [4.69, 9.17) is 22.3 Å². The van der Waals surface area contributed by atoms with Crippen molar-refractivity contribution in [1.29, 1.82) is 0 Å². The minimum atomic E-state index is -3.76. The summed E-state index contributed by atoms with van der Waals surface area (Å²) in [6.07, 6.45) is 1.25. The molecule has 1 aliphatic rings. The highest BCUT2D eigenvalue weighted by atomic mass is 79.9.